The Bertz CT molecular complexity index is 661. The molecule has 1 saturated heterocycles. The van der Waals surface area contributed by atoms with Crippen LogP contribution in [0, 0.1) is 13.8 Å². The third-order valence-electron chi connectivity index (χ3n) is 4.38. The molecular weight excluding hydrogens is 284 g/mol. The predicted molar refractivity (Wildman–Crippen MR) is 94.9 cm³/mol. The van der Waals surface area contributed by atoms with E-state index in [1.165, 1.54) is 16.7 Å². The van der Waals surface area contributed by atoms with E-state index in [2.05, 4.69) is 61.2 Å². The minimum Gasteiger partial charge on any atom is -0.310 e. The van der Waals surface area contributed by atoms with Crippen molar-refractivity contribution in [3.63, 3.8) is 0 Å². The average molecular weight is 308 g/mol. The van der Waals surface area contributed by atoms with E-state index in [4.69, 9.17) is 0 Å². The molecule has 3 heteroatoms. The van der Waals surface area contributed by atoms with E-state index in [0.29, 0.717) is 6.54 Å². The molecule has 1 fully saturated rings. The standard InChI is InChI=1S/C20H24N2O/c1-16-12-17(2)14-19(13-16)22-11-10-21(15-20(22)23)9-8-18-6-4-3-5-7-18/h3-7,12-14H,8-11,15H2,1-2H3. The van der Waals surface area contributed by atoms with Crippen molar-refractivity contribution in [1.82, 2.24) is 4.90 Å². The quantitative estimate of drug-likeness (QED) is 0.866. The number of carbonyl (C=O) groups excluding carboxylic acids is 1. The van der Waals surface area contributed by atoms with Gasteiger partial charge in [0.2, 0.25) is 5.91 Å². The van der Waals surface area contributed by atoms with E-state index < -0.39 is 0 Å². The highest BCUT2D eigenvalue weighted by atomic mass is 16.2. The summed E-state index contributed by atoms with van der Waals surface area (Å²) in [6, 6.07) is 16.8. The zero-order chi connectivity index (χ0) is 16.2. The van der Waals surface area contributed by atoms with Gasteiger partial charge in [-0.3, -0.25) is 9.69 Å². The maximum Gasteiger partial charge on any atom is 0.241 e. The minimum absolute atomic E-state index is 0.203. The highest BCUT2D eigenvalue weighted by Crippen LogP contribution is 2.21. The zero-order valence-electron chi connectivity index (χ0n) is 14.0. The number of nitrogens with zero attached hydrogens (tertiary/aromatic N) is 2. The van der Waals surface area contributed by atoms with Gasteiger partial charge >= 0.3 is 0 Å². The van der Waals surface area contributed by atoms with Crippen molar-refractivity contribution in [3.8, 4) is 0 Å². The summed E-state index contributed by atoms with van der Waals surface area (Å²) >= 11 is 0. The van der Waals surface area contributed by atoms with Gasteiger partial charge in [0.15, 0.2) is 0 Å². The number of anilines is 1. The summed E-state index contributed by atoms with van der Waals surface area (Å²) in [7, 11) is 0. The second-order valence-electron chi connectivity index (χ2n) is 6.40. The fraction of sp³-hybridized carbons (Fsp3) is 0.350. The molecule has 0 unspecified atom stereocenters. The van der Waals surface area contributed by atoms with Crippen molar-refractivity contribution in [2.75, 3.05) is 31.1 Å². The molecule has 2 aromatic rings. The Hall–Kier alpha value is -2.13. The predicted octanol–water partition coefficient (Wildman–Crippen LogP) is 3.19. The Morgan fingerprint density at radius 2 is 1.65 bits per heavy atom. The highest BCUT2D eigenvalue weighted by molar-refractivity contribution is 5.95. The first-order valence-corrected chi connectivity index (χ1v) is 8.27. The Morgan fingerprint density at radius 3 is 2.30 bits per heavy atom. The second kappa shape index (κ2) is 6.97. The van der Waals surface area contributed by atoms with Crippen molar-refractivity contribution in [1.29, 1.82) is 0 Å². The van der Waals surface area contributed by atoms with Gasteiger partial charge in [-0.1, -0.05) is 36.4 Å². The van der Waals surface area contributed by atoms with Gasteiger partial charge in [0.25, 0.3) is 0 Å². The van der Waals surface area contributed by atoms with Crippen LogP contribution in [0.15, 0.2) is 48.5 Å². The Kier molecular flexibility index (Phi) is 4.77. The minimum atomic E-state index is 0.203. The van der Waals surface area contributed by atoms with Gasteiger partial charge in [-0.2, -0.15) is 0 Å². The molecule has 120 valence electrons. The topological polar surface area (TPSA) is 23.6 Å². The molecule has 0 saturated carbocycles. The summed E-state index contributed by atoms with van der Waals surface area (Å²) in [6.07, 6.45) is 0.998. The molecule has 0 aromatic heterocycles. The van der Waals surface area contributed by atoms with Gasteiger partial charge in [-0.15, -0.1) is 0 Å². The number of amides is 1. The zero-order valence-corrected chi connectivity index (χ0v) is 14.0. The molecule has 0 aliphatic carbocycles. The first kappa shape index (κ1) is 15.8. The van der Waals surface area contributed by atoms with Gasteiger partial charge in [0, 0.05) is 25.3 Å². The Labute approximate surface area is 138 Å². The van der Waals surface area contributed by atoms with E-state index in [9.17, 15) is 4.79 Å². The molecule has 2 aromatic carbocycles. The molecular formula is C20H24N2O. The van der Waals surface area contributed by atoms with Gasteiger partial charge in [0.1, 0.15) is 0 Å². The lowest BCUT2D eigenvalue weighted by Crippen LogP contribution is -2.51. The number of carbonyl (C=O) groups is 1. The molecule has 23 heavy (non-hydrogen) atoms. The summed E-state index contributed by atoms with van der Waals surface area (Å²) in [5.41, 5.74) is 4.78. The number of aryl methyl sites for hydroxylation is 2. The number of hydrogen-bond acceptors (Lipinski definition) is 2. The van der Waals surface area contributed by atoms with Crippen molar-refractivity contribution in [3.05, 3.63) is 65.2 Å². The van der Waals surface area contributed by atoms with Crippen LogP contribution >= 0.6 is 0 Å². The third-order valence-corrected chi connectivity index (χ3v) is 4.38. The molecule has 0 bridgehead atoms. The summed E-state index contributed by atoms with van der Waals surface area (Å²) < 4.78 is 0. The van der Waals surface area contributed by atoms with Gasteiger partial charge in [-0.05, 0) is 49.1 Å². The smallest absolute Gasteiger partial charge is 0.241 e. The fourth-order valence-electron chi connectivity index (χ4n) is 3.22. The molecule has 3 nitrogen and oxygen atoms in total. The number of piperazine rings is 1. The van der Waals surface area contributed by atoms with Gasteiger partial charge < -0.3 is 4.90 Å². The third kappa shape index (κ3) is 3.99. The van der Waals surface area contributed by atoms with E-state index in [-0.39, 0.29) is 5.91 Å². The van der Waals surface area contributed by atoms with Crippen molar-refractivity contribution in [2.45, 2.75) is 20.3 Å². The molecule has 0 radical (unpaired) electrons. The van der Waals surface area contributed by atoms with Crippen LogP contribution in [0.3, 0.4) is 0 Å². The molecule has 1 aliphatic rings. The van der Waals surface area contributed by atoms with Gasteiger partial charge in [-0.25, -0.2) is 0 Å². The van der Waals surface area contributed by atoms with Crippen LogP contribution in [0.4, 0.5) is 5.69 Å². The maximum absolute atomic E-state index is 12.5. The van der Waals surface area contributed by atoms with Crippen molar-refractivity contribution < 1.29 is 4.79 Å². The van der Waals surface area contributed by atoms with Crippen LogP contribution in [0.5, 0.6) is 0 Å². The fourth-order valence-corrected chi connectivity index (χ4v) is 3.22. The van der Waals surface area contributed by atoms with E-state index in [1.54, 1.807) is 0 Å². The van der Waals surface area contributed by atoms with Crippen LogP contribution in [-0.4, -0.2) is 37.0 Å². The van der Waals surface area contributed by atoms with Crippen LogP contribution < -0.4 is 4.90 Å². The Morgan fingerprint density at radius 1 is 0.957 bits per heavy atom. The van der Waals surface area contributed by atoms with Crippen LogP contribution in [-0.2, 0) is 11.2 Å². The number of hydrogen-bond donors (Lipinski definition) is 0. The first-order chi connectivity index (χ1) is 11.1. The summed E-state index contributed by atoms with van der Waals surface area (Å²) in [5, 5.41) is 0. The highest BCUT2D eigenvalue weighted by Gasteiger charge is 2.24. The van der Waals surface area contributed by atoms with Crippen LogP contribution in [0.25, 0.3) is 0 Å². The lowest BCUT2D eigenvalue weighted by atomic mass is 10.1. The molecule has 1 heterocycles. The molecule has 1 aliphatic heterocycles. The van der Waals surface area contributed by atoms with E-state index in [1.807, 2.05) is 11.0 Å². The van der Waals surface area contributed by atoms with Crippen LogP contribution in [0.2, 0.25) is 0 Å². The first-order valence-electron chi connectivity index (χ1n) is 8.27. The lowest BCUT2D eigenvalue weighted by molar-refractivity contribution is -0.121. The Balaban J connectivity index is 1.60. The van der Waals surface area contributed by atoms with Crippen molar-refractivity contribution in [2.24, 2.45) is 0 Å². The summed E-state index contributed by atoms with van der Waals surface area (Å²) in [4.78, 5) is 16.7. The monoisotopic (exact) mass is 308 g/mol. The normalized spacial score (nSPS) is 15.9. The molecule has 1 amide bonds. The molecule has 0 N–H and O–H groups in total. The van der Waals surface area contributed by atoms with Gasteiger partial charge in [0.05, 0.1) is 6.54 Å². The summed E-state index contributed by atoms with van der Waals surface area (Å²) in [6.45, 7) is 7.33. The molecule has 0 spiro atoms. The lowest BCUT2D eigenvalue weighted by Gasteiger charge is -2.34. The molecule has 3 rings (SSSR count). The maximum atomic E-state index is 12.5. The van der Waals surface area contributed by atoms with Crippen LogP contribution in [0.1, 0.15) is 16.7 Å². The van der Waals surface area contributed by atoms with E-state index in [0.717, 1.165) is 31.7 Å². The average Bonchev–Trinajstić information content (AvgIpc) is 2.53. The van der Waals surface area contributed by atoms with E-state index >= 15 is 0 Å². The summed E-state index contributed by atoms with van der Waals surface area (Å²) in [5.74, 6) is 0.203. The second-order valence-corrected chi connectivity index (χ2v) is 6.40. The van der Waals surface area contributed by atoms with Crippen molar-refractivity contribution >= 4 is 11.6 Å². The molecule has 0 atom stereocenters. The number of benzene rings is 2. The number of rotatable bonds is 4. The largest absolute Gasteiger partial charge is 0.310 e. The SMILES string of the molecule is Cc1cc(C)cc(N2CCN(CCc3ccccc3)CC2=O)c1.